The molecule has 0 aromatic rings. The maximum absolute atomic E-state index is 12.8. The molecule has 2 aliphatic heterocycles. The van der Waals surface area contributed by atoms with Gasteiger partial charge in [0.25, 0.3) is 0 Å². The number of nitrogens with zero attached hydrogens (tertiary/aromatic N) is 1. The monoisotopic (exact) mass is 307 g/mol. The summed E-state index contributed by atoms with van der Waals surface area (Å²) in [6, 6.07) is 0. The van der Waals surface area contributed by atoms with E-state index in [1.807, 2.05) is 0 Å². The quantitative estimate of drug-likeness (QED) is 0.753. The molecule has 22 heavy (non-hydrogen) atoms. The van der Waals surface area contributed by atoms with Crippen molar-refractivity contribution in [1.82, 2.24) is 4.90 Å². The molecule has 0 N–H and O–H groups in total. The van der Waals surface area contributed by atoms with Gasteiger partial charge in [0, 0.05) is 19.0 Å². The Hall–Kier alpha value is -0.870. The first kappa shape index (κ1) is 16.0. The van der Waals surface area contributed by atoms with Crippen LogP contribution in [0.1, 0.15) is 40.5 Å². The highest BCUT2D eigenvalue weighted by atomic mass is 16.7. The molecule has 1 saturated carbocycles. The minimum Gasteiger partial charge on any atom is -0.350 e. The molecule has 0 aromatic carbocycles. The Labute approximate surface area is 133 Å². The lowest BCUT2D eigenvalue weighted by Crippen LogP contribution is -2.42. The van der Waals surface area contributed by atoms with Crippen LogP contribution in [0.3, 0.4) is 0 Å². The van der Waals surface area contributed by atoms with Crippen LogP contribution >= 0.6 is 0 Å². The summed E-state index contributed by atoms with van der Waals surface area (Å²) in [4.78, 5) is 14.9. The Bertz CT molecular complexity index is 453. The van der Waals surface area contributed by atoms with E-state index < -0.39 is 0 Å². The second kappa shape index (κ2) is 5.97. The number of ether oxygens (including phenoxy) is 2. The summed E-state index contributed by atoms with van der Waals surface area (Å²) in [7, 11) is 0. The summed E-state index contributed by atoms with van der Waals surface area (Å²) in [5.41, 5.74) is 1.42. The fourth-order valence-electron chi connectivity index (χ4n) is 4.06. The van der Waals surface area contributed by atoms with Crippen LogP contribution in [0.4, 0.5) is 0 Å². The third kappa shape index (κ3) is 2.95. The lowest BCUT2D eigenvalue weighted by molar-refractivity contribution is -0.139. The van der Waals surface area contributed by atoms with E-state index in [0.29, 0.717) is 31.0 Å². The number of piperidine rings is 1. The van der Waals surface area contributed by atoms with Crippen molar-refractivity contribution in [3.8, 4) is 0 Å². The van der Waals surface area contributed by atoms with Crippen LogP contribution in [0, 0.1) is 23.2 Å². The first-order chi connectivity index (χ1) is 10.4. The normalized spacial score (nSPS) is 32.1. The largest absolute Gasteiger partial charge is 0.350 e. The summed E-state index contributed by atoms with van der Waals surface area (Å²) >= 11 is 0. The van der Waals surface area contributed by atoms with Crippen LogP contribution in [0.25, 0.3) is 0 Å². The zero-order chi connectivity index (χ0) is 15.9. The van der Waals surface area contributed by atoms with E-state index in [1.165, 1.54) is 5.57 Å². The SMILES string of the molecule is CC(C)=C[C@H]1[C@H](C(=O)N2CCC(C3OCCO3)CC2)C1(C)C. The maximum atomic E-state index is 12.8. The van der Waals surface area contributed by atoms with Gasteiger partial charge in [-0.25, -0.2) is 0 Å². The highest BCUT2D eigenvalue weighted by Crippen LogP contribution is 2.60. The summed E-state index contributed by atoms with van der Waals surface area (Å²) in [5, 5.41) is 0. The molecule has 2 atom stereocenters. The van der Waals surface area contributed by atoms with Gasteiger partial charge in [0.1, 0.15) is 0 Å². The maximum Gasteiger partial charge on any atom is 0.226 e. The van der Waals surface area contributed by atoms with Gasteiger partial charge in [-0.05, 0) is 38.0 Å². The van der Waals surface area contributed by atoms with Crippen LogP contribution in [0.2, 0.25) is 0 Å². The topological polar surface area (TPSA) is 38.8 Å². The van der Waals surface area contributed by atoms with E-state index in [4.69, 9.17) is 9.47 Å². The minimum atomic E-state index is -0.0342. The number of hydrogen-bond donors (Lipinski definition) is 0. The van der Waals surface area contributed by atoms with E-state index in [1.54, 1.807) is 0 Å². The first-order valence-corrected chi connectivity index (χ1v) is 8.58. The molecule has 3 aliphatic rings. The van der Waals surface area contributed by atoms with Crippen LogP contribution < -0.4 is 0 Å². The van der Waals surface area contributed by atoms with Gasteiger partial charge in [-0.15, -0.1) is 0 Å². The van der Waals surface area contributed by atoms with Crippen LogP contribution in [0.15, 0.2) is 11.6 Å². The van der Waals surface area contributed by atoms with Crippen molar-refractivity contribution < 1.29 is 14.3 Å². The Kier molecular flexibility index (Phi) is 4.34. The van der Waals surface area contributed by atoms with Gasteiger partial charge in [-0.1, -0.05) is 25.5 Å². The second-order valence-electron chi connectivity index (χ2n) is 7.84. The van der Waals surface area contributed by atoms with E-state index in [-0.39, 0.29) is 17.6 Å². The zero-order valence-electron chi connectivity index (χ0n) is 14.3. The number of carbonyl (C=O) groups is 1. The average Bonchev–Trinajstić information content (AvgIpc) is 2.87. The van der Waals surface area contributed by atoms with Crippen LogP contribution in [-0.2, 0) is 14.3 Å². The Morgan fingerprint density at radius 1 is 1.14 bits per heavy atom. The lowest BCUT2D eigenvalue weighted by Gasteiger charge is -2.34. The van der Waals surface area contributed by atoms with Crippen LogP contribution in [0.5, 0.6) is 0 Å². The molecule has 1 aliphatic carbocycles. The Morgan fingerprint density at radius 3 is 2.27 bits per heavy atom. The van der Waals surface area contributed by atoms with Gasteiger partial charge in [-0.2, -0.15) is 0 Å². The van der Waals surface area contributed by atoms with Gasteiger partial charge >= 0.3 is 0 Å². The molecule has 1 amide bonds. The molecule has 0 unspecified atom stereocenters. The summed E-state index contributed by atoms with van der Waals surface area (Å²) in [6.45, 7) is 11.8. The fourth-order valence-corrected chi connectivity index (χ4v) is 4.06. The molecular formula is C18H29NO3. The smallest absolute Gasteiger partial charge is 0.226 e. The van der Waals surface area contributed by atoms with Gasteiger partial charge in [0.15, 0.2) is 6.29 Å². The predicted octanol–water partition coefficient (Wildman–Crippen LogP) is 2.84. The molecule has 0 bridgehead atoms. The molecular weight excluding hydrogens is 278 g/mol. The highest BCUT2D eigenvalue weighted by Gasteiger charge is 2.61. The number of likely N-dealkylation sites (tertiary alicyclic amines) is 1. The fraction of sp³-hybridized carbons (Fsp3) is 0.833. The number of allylic oxidation sites excluding steroid dienone is 2. The van der Waals surface area contributed by atoms with E-state index in [2.05, 4.69) is 38.7 Å². The Morgan fingerprint density at radius 2 is 1.73 bits per heavy atom. The number of amides is 1. The van der Waals surface area contributed by atoms with Gasteiger partial charge in [0.05, 0.1) is 19.1 Å². The van der Waals surface area contributed by atoms with Crippen LogP contribution in [-0.4, -0.2) is 43.4 Å². The van der Waals surface area contributed by atoms with E-state index in [9.17, 15) is 4.79 Å². The Balaban J connectivity index is 1.55. The number of carbonyl (C=O) groups excluding carboxylic acids is 1. The summed E-state index contributed by atoms with van der Waals surface area (Å²) < 4.78 is 11.2. The minimum absolute atomic E-state index is 0.0342. The van der Waals surface area contributed by atoms with Crippen molar-refractivity contribution in [1.29, 1.82) is 0 Å². The molecule has 3 fully saturated rings. The van der Waals surface area contributed by atoms with Crippen molar-refractivity contribution in [2.45, 2.75) is 46.8 Å². The number of hydrogen-bond acceptors (Lipinski definition) is 3. The van der Waals surface area contributed by atoms with Crippen molar-refractivity contribution in [2.24, 2.45) is 23.2 Å². The second-order valence-corrected chi connectivity index (χ2v) is 7.84. The molecule has 2 heterocycles. The number of rotatable bonds is 3. The zero-order valence-corrected chi connectivity index (χ0v) is 14.3. The van der Waals surface area contributed by atoms with Crippen molar-refractivity contribution in [3.05, 3.63) is 11.6 Å². The molecule has 4 nitrogen and oxygen atoms in total. The first-order valence-electron chi connectivity index (χ1n) is 8.58. The van der Waals surface area contributed by atoms with Crippen molar-refractivity contribution in [2.75, 3.05) is 26.3 Å². The molecule has 3 rings (SSSR count). The standard InChI is InChI=1S/C18H29NO3/c1-12(2)11-14-15(18(14,3)4)16(20)19-7-5-13(6-8-19)17-21-9-10-22-17/h11,13-15,17H,5-10H2,1-4H3/t14-,15+/m0/s1. The molecule has 4 heteroatoms. The third-order valence-corrected chi connectivity index (χ3v) is 5.57. The molecule has 2 saturated heterocycles. The van der Waals surface area contributed by atoms with Gasteiger partial charge < -0.3 is 14.4 Å². The van der Waals surface area contributed by atoms with E-state index >= 15 is 0 Å². The van der Waals surface area contributed by atoms with Crippen molar-refractivity contribution in [3.63, 3.8) is 0 Å². The molecule has 0 spiro atoms. The summed E-state index contributed by atoms with van der Waals surface area (Å²) in [6.07, 6.45) is 4.23. The van der Waals surface area contributed by atoms with Gasteiger partial charge in [0.2, 0.25) is 5.91 Å². The third-order valence-electron chi connectivity index (χ3n) is 5.57. The highest BCUT2D eigenvalue weighted by molar-refractivity contribution is 5.84. The molecule has 0 aromatic heterocycles. The predicted molar refractivity (Wildman–Crippen MR) is 85.2 cm³/mol. The van der Waals surface area contributed by atoms with Gasteiger partial charge in [-0.3, -0.25) is 4.79 Å². The van der Waals surface area contributed by atoms with E-state index in [0.717, 1.165) is 25.9 Å². The lowest BCUT2D eigenvalue weighted by atomic mass is 9.95. The summed E-state index contributed by atoms with van der Waals surface area (Å²) in [5.74, 6) is 1.37. The molecule has 124 valence electrons. The van der Waals surface area contributed by atoms with Crippen molar-refractivity contribution >= 4 is 5.91 Å². The average molecular weight is 307 g/mol. The molecule has 0 radical (unpaired) electrons.